The molecule has 2 heterocycles. The Morgan fingerprint density at radius 1 is 1.03 bits per heavy atom. The first-order valence-electron chi connectivity index (χ1n) is 11.9. The molecular formula is C26H27F4N5O2. The maximum absolute atomic E-state index is 14.9. The number of halogens is 4. The zero-order valence-electron chi connectivity index (χ0n) is 20.3. The van der Waals surface area contributed by atoms with Crippen molar-refractivity contribution in [3.8, 4) is 16.9 Å². The first-order chi connectivity index (χ1) is 17.7. The van der Waals surface area contributed by atoms with E-state index in [0.717, 1.165) is 11.1 Å². The Balaban J connectivity index is 1.30. The van der Waals surface area contributed by atoms with Crippen molar-refractivity contribution in [2.45, 2.75) is 19.6 Å². The van der Waals surface area contributed by atoms with Gasteiger partial charge in [0.05, 0.1) is 6.61 Å². The fraction of sp³-hybridized carbons (Fsp3) is 0.346. The van der Waals surface area contributed by atoms with E-state index in [1.807, 2.05) is 42.2 Å². The lowest BCUT2D eigenvalue weighted by molar-refractivity contribution is -0.123. The monoisotopic (exact) mass is 517 g/mol. The summed E-state index contributed by atoms with van der Waals surface area (Å²) in [4.78, 5) is 16.0. The molecule has 37 heavy (non-hydrogen) atoms. The van der Waals surface area contributed by atoms with Gasteiger partial charge in [0.1, 0.15) is 18.1 Å². The Morgan fingerprint density at radius 3 is 2.46 bits per heavy atom. The quantitative estimate of drug-likeness (QED) is 0.450. The van der Waals surface area contributed by atoms with Gasteiger partial charge in [-0.3, -0.25) is 9.69 Å². The molecule has 1 fully saturated rings. The number of hydrogen-bond donors (Lipinski definition) is 1. The van der Waals surface area contributed by atoms with E-state index in [-0.39, 0.29) is 11.5 Å². The lowest BCUT2D eigenvalue weighted by Crippen LogP contribution is -2.46. The van der Waals surface area contributed by atoms with Crippen molar-refractivity contribution in [1.29, 1.82) is 0 Å². The number of piperazine rings is 1. The van der Waals surface area contributed by atoms with E-state index in [9.17, 15) is 22.4 Å². The maximum Gasteiger partial charge on any atom is 0.405 e. The number of ether oxygens (including phenoxy) is 1. The molecule has 4 rings (SSSR count). The number of rotatable bonds is 8. The molecule has 7 nitrogen and oxygen atoms in total. The highest BCUT2D eigenvalue weighted by atomic mass is 19.4. The lowest BCUT2D eigenvalue weighted by atomic mass is 10.0. The van der Waals surface area contributed by atoms with Crippen LogP contribution in [0.1, 0.15) is 23.0 Å². The Hall–Kier alpha value is -3.73. The minimum absolute atomic E-state index is 0.179. The molecule has 0 aliphatic carbocycles. The van der Waals surface area contributed by atoms with Crippen molar-refractivity contribution in [1.82, 2.24) is 20.4 Å². The average Bonchev–Trinajstić information content (AvgIpc) is 2.88. The molecule has 0 spiro atoms. The lowest BCUT2D eigenvalue weighted by Gasteiger charge is -2.35. The van der Waals surface area contributed by atoms with Crippen LogP contribution in [0.5, 0.6) is 5.75 Å². The van der Waals surface area contributed by atoms with Crippen LogP contribution in [0.2, 0.25) is 0 Å². The van der Waals surface area contributed by atoms with Crippen molar-refractivity contribution in [3.63, 3.8) is 0 Å². The van der Waals surface area contributed by atoms with Crippen LogP contribution in [0, 0.1) is 5.82 Å². The molecule has 3 aromatic rings. The first-order valence-corrected chi connectivity index (χ1v) is 11.9. The molecule has 0 saturated carbocycles. The van der Waals surface area contributed by atoms with Gasteiger partial charge in [-0.05, 0) is 48.4 Å². The van der Waals surface area contributed by atoms with Crippen LogP contribution in [-0.2, 0) is 6.54 Å². The third-order valence-corrected chi connectivity index (χ3v) is 5.92. The second-order valence-corrected chi connectivity index (χ2v) is 8.61. The number of nitrogens with one attached hydrogen (secondary N) is 1. The molecule has 0 bridgehead atoms. The van der Waals surface area contributed by atoms with E-state index < -0.39 is 18.6 Å². The van der Waals surface area contributed by atoms with Gasteiger partial charge in [0.15, 0.2) is 11.5 Å². The topological polar surface area (TPSA) is 70.6 Å². The van der Waals surface area contributed by atoms with Gasteiger partial charge in [0, 0.05) is 38.3 Å². The summed E-state index contributed by atoms with van der Waals surface area (Å²) in [5.41, 5.74) is 1.96. The van der Waals surface area contributed by atoms with Gasteiger partial charge in [0.2, 0.25) is 0 Å². The molecule has 1 aliphatic rings. The fourth-order valence-electron chi connectivity index (χ4n) is 4.09. The predicted octanol–water partition coefficient (Wildman–Crippen LogP) is 4.30. The van der Waals surface area contributed by atoms with Gasteiger partial charge in [-0.25, -0.2) is 4.39 Å². The molecule has 11 heteroatoms. The van der Waals surface area contributed by atoms with Crippen LogP contribution in [0.25, 0.3) is 11.1 Å². The Kier molecular flexibility index (Phi) is 8.22. The van der Waals surface area contributed by atoms with Gasteiger partial charge in [0.25, 0.3) is 5.91 Å². The molecule has 0 radical (unpaired) electrons. The maximum atomic E-state index is 14.9. The Bertz CT molecular complexity index is 1210. The molecular weight excluding hydrogens is 490 g/mol. The minimum Gasteiger partial charge on any atom is -0.494 e. The van der Waals surface area contributed by atoms with E-state index in [2.05, 4.69) is 15.1 Å². The number of amides is 1. The highest BCUT2D eigenvalue weighted by molar-refractivity contribution is 5.92. The number of anilines is 1. The van der Waals surface area contributed by atoms with Crippen LogP contribution in [0.4, 0.5) is 23.4 Å². The number of benzene rings is 2. The largest absolute Gasteiger partial charge is 0.494 e. The van der Waals surface area contributed by atoms with E-state index in [1.165, 1.54) is 6.07 Å². The molecule has 0 atom stereocenters. The van der Waals surface area contributed by atoms with Crippen LogP contribution in [-0.4, -0.2) is 66.5 Å². The van der Waals surface area contributed by atoms with E-state index >= 15 is 0 Å². The SMILES string of the molecule is CCOc1cccc(-c2ccc(CN3CCN(c4ccc(C(=O)NCC(F)(F)F)nn4)CC3)cc2F)c1. The minimum atomic E-state index is -4.49. The number of carbonyl (C=O) groups excluding carboxylic acids is 1. The van der Waals surface area contributed by atoms with Crippen LogP contribution < -0.4 is 15.0 Å². The normalized spacial score (nSPS) is 14.5. The standard InChI is InChI=1S/C26H27F4N5O2/c1-2-37-20-5-3-4-19(15-20)21-7-6-18(14-22(21)27)16-34-10-12-35(13-11-34)24-9-8-23(32-33-24)25(36)31-17-26(28,29)30/h3-9,14-15H,2,10-13,16-17H2,1H3,(H,31,36). The summed E-state index contributed by atoms with van der Waals surface area (Å²) in [7, 11) is 0. The van der Waals surface area contributed by atoms with E-state index in [4.69, 9.17) is 4.74 Å². The van der Waals surface area contributed by atoms with E-state index in [0.29, 0.717) is 56.5 Å². The number of alkyl halides is 3. The molecule has 1 amide bonds. The highest BCUT2D eigenvalue weighted by Crippen LogP contribution is 2.27. The third-order valence-electron chi connectivity index (χ3n) is 5.92. The summed E-state index contributed by atoms with van der Waals surface area (Å²) < 4.78 is 57.2. The van der Waals surface area contributed by atoms with Crippen LogP contribution in [0.3, 0.4) is 0 Å². The average molecular weight is 518 g/mol. The molecule has 1 saturated heterocycles. The molecule has 2 aromatic carbocycles. The summed E-state index contributed by atoms with van der Waals surface area (Å²) >= 11 is 0. The van der Waals surface area contributed by atoms with Crippen LogP contribution in [0.15, 0.2) is 54.6 Å². The number of hydrogen-bond acceptors (Lipinski definition) is 6. The third kappa shape index (κ3) is 7.16. The molecule has 1 aliphatic heterocycles. The van der Waals surface area contributed by atoms with Gasteiger partial charge in [-0.1, -0.05) is 24.3 Å². The fourth-order valence-corrected chi connectivity index (χ4v) is 4.09. The van der Waals surface area contributed by atoms with Crippen molar-refractivity contribution in [2.75, 3.05) is 44.2 Å². The van der Waals surface area contributed by atoms with Crippen molar-refractivity contribution in [3.05, 3.63) is 71.7 Å². The summed E-state index contributed by atoms with van der Waals surface area (Å²) in [6, 6.07) is 15.6. The van der Waals surface area contributed by atoms with Crippen molar-refractivity contribution in [2.24, 2.45) is 0 Å². The molecule has 196 valence electrons. The summed E-state index contributed by atoms with van der Waals surface area (Å²) in [5.74, 6) is 0.0166. The second kappa shape index (κ2) is 11.5. The predicted molar refractivity (Wildman–Crippen MR) is 131 cm³/mol. The molecule has 0 unspecified atom stereocenters. The number of aromatic nitrogens is 2. The number of carbonyl (C=O) groups is 1. The van der Waals surface area contributed by atoms with Crippen molar-refractivity contribution >= 4 is 11.7 Å². The summed E-state index contributed by atoms with van der Waals surface area (Å²) in [6.07, 6.45) is -4.49. The van der Waals surface area contributed by atoms with E-state index in [1.54, 1.807) is 23.5 Å². The summed E-state index contributed by atoms with van der Waals surface area (Å²) in [5, 5.41) is 9.54. The summed E-state index contributed by atoms with van der Waals surface area (Å²) in [6.45, 7) is 4.29. The van der Waals surface area contributed by atoms with Gasteiger partial charge < -0.3 is 15.0 Å². The van der Waals surface area contributed by atoms with Crippen LogP contribution >= 0.6 is 0 Å². The zero-order chi connectivity index (χ0) is 26.4. The molecule has 1 aromatic heterocycles. The van der Waals surface area contributed by atoms with Gasteiger partial charge in [-0.2, -0.15) is 13.2 Å². The Morgan fingerprint density at radius 2 is 1.81 bits per heavy atom. The first kappa shape index (κ1) is 26.3. The Labute approximate surface area is 212 Å². The van der Waals surface area contributed by atoms with Gasteiger partial charge >= 0.3 is 6.18 Å². The molecule has 1 N–H and O–H groups in total. The highest BCUT2D eigenvalue weighted by Gasteiger charge is 2.28. The smallest absolute Gasteiger partial charge is 0.405 e. The zero-order valence-corrected chi connectivity index (χ0v) is 20.3. The number of nitrogens with zero attached hydrogens (tertiary/aromatic N) is 4. The van der Waals surface area contributed by atoms with Crippen molar-refractivity contribution < 1.29 is 27.1 Å². The second-order valence-electron chi connectivity index (χ2n) is 8.61. The van der Waals surface area contributed by atoms with Gasteiger partial charge in [-0.15, -0.1) is 10.2 Å².